The Labute approximate surface area is 87.7 Å². The van der Waals surface area contributed by atoms with Gasteiger partial charge in [0.05, 0.1) is 0 Å². The van der Waals surface area contributed by atoms with Gasteiger partial charge in [0.25, 0.3) is 0 Å². The highest BCUT2D eigenvalue weighted by Gasteiger charge is 2.21. The highest BCUT2D eigenvalue weighted by molar-refractivity contribution is 5.68. The SMILES string of the molecule is CCCCCC(C)C(C(=O)[O-])C(C)C. The quantitative estimate of drug-likeness (QED) is 0.590. The molecule has 0 aromatic heterocycles. The molecule has 0 fully saturated rings. The summed E-state index contributed by atoms with van der Waals surface area (Å²) in [5.74, 6) is -0.751. The van der Waals surface area contributed by atoms with Crippen molar-refractivity contribution in [3.63, 3.8) is 0 Å². The average molecular weight is 199 g/mol. The molecular weight excluding hydrogens is 176 g/mol. The molecule has 2 unspecified atom stereocenters. The van der Waals surface area contributed by atoms with Gasteiger partial charge in [-0.1, -0.05) is 53.4 Å². The fourth-order valence-electron chi connectivity index (χ4n) is 2.06. The van der Waals surface area contributed by atoms with Gasteiger partial charge in [0.15, 0.2) is 0 Å². The first-order valence-electron chi connectivity index (χ1n) is 5.71. The van der Waals surface area contributed by atoms with Crippen molar-refractivity contribution in [2.24, 2.45) is 17.8 Å². The molecule has 0 rings (SSSR count). The Morgan fingerprint density at radius 3 is 2.14 bits per heavy atom. The van der Waals surface area contributed by atoms with Gasteiger partial charge in [0, 0.05) is 11.9 Å². The van der Waals surface area contributed by atoms with E-state index in [0.717, 1.165) is 12.8 Å². The number of hydrogen-bond acceptors (Lipinski definition) is 2. The van der Waals surface area contributed by atoms with Crippen LogP contribution in [0, 0.1) is 17.8 Å². The van der Waals surface area contributed by atoms with Crippen LogP contribution in [0.15, 0.2) is 0 Å². The summed E-state index contributed by atoms with van der Waals surface area (Å²) in [6, 6.07) is 0. The van der Waals surface area contributed by atoms with E-state index in [-0.39, 0.29) is 17.8 Å². The molecule has 0 radical (unpaired) electrons. The summed E-state index contributed by atoms with van der Waals surface area (Å²) in [6.45, 7) is 8.09. The lowest BCUT2D eigenvalue weighted by Crippen LogP contribution is -2.38. The fraction of sp³-hybridized carbons (Fsp3) is 0.917. The van der Waals surface area contributed by atoms with Crippen LogP contribution in [0.5, 0.6) is 0 Å². The molecule has 84 valence electrons. The van der Waals surface area contributed by atoms with Gasteiger partial charge >= 0.3 is 0 Å². The van der Waals surface area contributed by atoms with Gasteiger partial charge in [-0.25, -0.2) is 0 Å². The molecular formula is C12H23O2-. The molecule has 0 aliphatic carbocycles. The lowest BCUT2D eigenvalue weighted by Gasteiger charge is -2.28. The van der Waals surface area contributed by atoms with Crippen LogP contribution < -0.4 is 5.11 Å². The predicted molar refractivity (Wildman–Crippen MR) is 56.6 cm³/mol. The van der Waals surface area contributed by atoms with Crippen molar-refractivity contribution in [3.05, 3.63) is 0 Å². The van der Waals surface area contributed by atoms with E-state index >= 15 is 0 Å². The van der Waals surface area contributed by atoms with Crippen LogP contribution >= 0.6 is 0 Å². The molecule has 0 amide bonds. The zero-order valence-electron chi connectivity index (χ0n) is 9.88. The molecule has 0 aromatic rings. The van der Waals surface area contributed by atoms with Gasteiger partial charge in [-0.3, -0.25) is 0 Å². The van der Waals surface area contributed by atoms with E-state index in [0.29, 0.717) is 0 Å². The zero-order chi connectivity index (χ0) is 11.1. The largest absolute Gasteiger partial charge is 0.550 e. The number of hydrogen-bond donors (Lipinski definition) is 0. The molecule has 0 aliphatic rings. The zero-order valence-corrected chi connectivity index (χ0v) is 9.88. The highest BCUT2D eigenvalue weighted by Crippen LogP contribution is 2.24. The topological polar surface area (TPSA) is 40.1 Å². The molecule has 14 heavy (non-hydrogen) atoms. The number of carboxylic acids is 1. The van der Waals surface area contributed by atoms with Crippen LogP contribution in [0.2, 0.25) is 0 Å². The molecule has 0 aromatic carbocycles. The second kappa shape index (κ2) is 6.86. The van der Waals surface area contributed by atoms with Crippen molar-refractivity contribution in [2.45, 2.75) is 53.4 Å². The van der Waals surface area contributed by atoms with Crippen LogP contribution in [0.3, 0.4) is 0 Å². The van der Waals surface area contributed by atoms with Crippen molar-refractivity contribution in [2.75, 3.05) is 0 Å². The Morgan fingerprint density at radius 1 is 1.21 bits per heavy atom. The second-order valence-corrected chi connectivity index (χ2v) is 4.56. The Balaban J connectivity index is 4.02. The molecule has 2 nitrogen and oxygen atoms in total. The lowest BCUT2D eigenvalue weighted by atomic mass is 9.82. The van der Waals surface area contributed by atoms with Gasteiger partial charge in [0.2, 0.25) is 0 Å². The second-order valence-electron chi connectivity index (χ2n) is 4.56. The van der Waals surface area contributed by atoms with Crippen LogP contribution in [0.25, 0.3) is 0 Å². The molecule has 0 saturated carbocycles. The van der Waals surface area contributed by atoms with Crippen LogP contribution in [0.1, 0.15) is 53.4 Å². The van der Waals surface area contributed by atoms with E-state index < -0.39 is 5.97 Å². The Kier molecular flexibility index (Phi) is 6.60. The molecule has 0 heterocycles. The smallest absolute Gasteiger partial charge is 0.0450 e. The Bertz CT molecular complexity index is 164. The van der Waals surface area contributed by atoms with Crippen molar-refractivity contribution >= 4 is 5.97 Å². The van der Waals surface area contributed by atoms with E-state index in [9.17, 15) is 9.90 Å². The number of unbranched alkanes of at least 4 members (excludes halogenated alkanes) is 2. The van der Waals surface area contributed by atoms with Crippen molar-refractivity contribution in [1.29, 1.82) is 0 Å². The molecule has 2 heteroatoms. The van der Waals surface area contributed by atoms with Gasteiger partial charge in [-0.2, -0.15) is 0 Å². The Morgan fingerprint density at radius 2 is 1.79 bits per heavy atom. The molecule has 0 saturated heterocycles. The van der Waals surface area contributed by atoms with E-state index in [1.54, 1.807) is 0 Å². The number of carbonyl (C=O) groups is 1. The minimum absolute atomic E-state index is 0.177. The number of rotatable bonds is 7. The highest BCUT2D eigenvalue weighted by atomic mass is 16.4. The van der Waals surface area contributed by atoms with E-state index in [2.05, 4.69) is 6.92 Å². The normalized spacial score (nSPS) is 15.5. The first-order valence-corrected chi connectivity index (χ1v) is 5.71. The minimum atomic E-state index is -0.885. The van der Waals surface area contributed by atoms with Crippen LogP contribution in [0.4, 0.5) is 0 Å². The summed E-state index contributed by atoms with van der Waals surface area (Å²) in [5.41, 5.74) is 0. The third-order valence-electron chi connectivity index (χ3n) is 2.87. The van der Waals surface area contributed by atoms with Crippen molar-refractivity contribution in [3.8, 4) is 0 Å². The van der Waals surface area contributed by atoms with Crippen molar-refractivity contribution in [1.82, 2.24) is 0 Å². The van der Waals surface area contributed by atoms with E-state index in [1.165, 1.54) is 12.8 Å². The maximum absolute atomic E-state index is 10.9. The number of aliphatic carboxylic acids is 1. The summed E-state index contributed by atoms with van der Waals surface area (Å²) in [4.78, 5) is 10.9. The van der Waals surface area contributed by atoms with Gasteiger partial charge < -0.3 is 9.90 Å². The minimum Gasteiger partial charge on any atom is -0.550 e. The molecule has 0 aliphatic heterocycles. The Hall–Kier alpha value is -0.530. The lowest BCUT2D eigenvalue weighted by molar-refractivity contribution is -0.314. The molecule has 0 spiro atoms. The summed E-state index contributed by atoms with van der Waals surface area (Å²) >= 11 is 0. The van der Waals surface area contributed by atoms with E-state index in [4.69, 9.17) is 0 Å². The van der Waals surface area contributed by atoms with Gasteiger partial charge in [0.1, 0.15) is 0 Å². The number of carbonyl (C=O) groups excluding carboxylic acids is 1. The summed E-state index contributed by atoms with van der Waals surface area (Å²) < 4.78 is 0. The third-order valence-corrected chi connectivity index (χ3v) is 2.87. The standard InChI is InChI=1S/C12H24O2/c1-5-6-7-8-10(4)11(9(2)3)12(13)14/h9-11H,5-8H2,1-4H3,(H,13,14)/p-1. The van der Waals surface area contributed by atoms with Crippen LogP contribution in [-0.4, -0.2) is 5.97 Å². The first kappa shape index (κ1) is 13.5. The average Bonchev–Trinajstić information content (AvgIpc) is 2.03. The van der Waals surface area contributed by atoms with Crippen molar-refractivity contribution < 1.29 is 9.90 Å². The maximum atomic E-state index is 10.9. The van der Waals surface area contributed by atoms with Crippen LogP contribution in [-0.2, 0) is 4.79 Å². The van der Waals surface area contributed by atoms with Gasteiger partial charge in [-0.05, 0) is 11.8 Å². The summed E-state index contributed by atoms with van der Waals surface area (Å²) in [7, 11) is 0. The number of carboxylic acid groups (broad SMARTS) is 1. The molecule has 0 N–H and O–H groups in total. The predicted octanol–water partition coefficient (Wildman–Crippen LogP) is 2.22. The fourth-order valence-corrected chi connectivity index (χ4v) is 2.06. The molecule has 0 bridgehead atoms. The molecule has 2 atom stereocenters. The maximum Gasteiger partial charge on any atom is 0.0450 e. The third kappa shape index (κ3) is 4.64. The summed E-state index contributed by atoms with van der Waals surface area (Å²) in [5, 5.41) is 10.9. The monoisotopic (exact) mass is 199 g/mol. The summed E-state index contributed by atoms with van der Waals surface area (Å²) in [6.07, 6.45) is 4.52. The first-order chi connectivity index (χ1) is 6.50. The van der Waals surface area contributed by atoms with E-state index in [1.807, 2.05) is 20.8 Å². The van der Waals surface area contributed by atoms with Gasteiger partial charge in [-0.15, -0.1) is 0 Å².